The van der Waals surface area contributed by atoms with E-state index in [1.165, 1.54) is 12.1 Å². The summed E-state index contributed by atoms with van der Waals surface area (Å²) < 4.78 is 18.1. The number of methoxy groups -OCH3 is 1. The molecule has 2 nitrogen and oxygen atoms in total. The van der Waals surface area contributed by atoms with Crippen LogP contribution in [0.3, 0.4) is 0 Å². The molecule has 2 rings (SSSR count). The van der Waals surface area contributed by atoms with E-state index in [1.54, 1.807) is 13.2 Å². The van der Waals surface area contributed by atoms with Crippen molar-refractivity contribution < 1.29 is 13.9 Å². The maximum Gasteiger partial charge on any atom is 0.166 e. The topological polar surface area (TPSA) is 26.3 Å². The number of ketones is 1. The summed E-state index contributed by atoms with van der Waals surface area (Å²) in [4.78, 5) is 12.0. The van der Waals surface area contributed by atoms with Crippen molar-refractivity contribution in [2.45, 2.75) is 25.4 Å². The molecule has 1 atom stereocenters. The van der Waals surface area contributed by atoms with E-state index in [4.69, 9.17) is 16.3 Å². The van der Waals surface area contributed by atoms with Gasteiger partial charge < -0.3 is 4.74 Å². The van der Waals surface area contributed by atoms with Crippen LogP contribution < -0.4 is 0 Å². The van der Waals surface area contributed by atoms with E-state index < -0.39 is 5.82 Å². The van der Waals surface area contributed by atoms with Gasteiger partial charge in [-0.25, -0.2) is 4.39 Å². The Balaban J connectivity index is 2.06. The van der Waals surface area contributed by atoms with Gasteiger partial charge >= 0.3 is 0 Å². The first kappa shape index (κ1) is 12.5. The lowest BCUT2D eigenvalue weighted by Crippen LogP contribution is -2.26. The molecule has 1 aromatic carbocycles. The SMILES string of the molecule is COC(C(=O)Cc1ccc(F)cc1Cl)C1CC1. The Labute approximate surface area is 105 Å². The highest BCUT2D eigenvalue weighted by molar-refractivity contribution is 6.31. The highest BCUT2D eigenvalue weighted by Crippen LogP contribution is 2.35. The summed E-state index contributed by atoms with van der Waals surface area (Å²) >= 11 is 5.88. The van der Waals surface area contributed by atoms with Crippen molar-refractivity contribution in [1.29, 1.82) is 0 Å². The molecule has 0 radical (unpaired) electrons. The van der Waals surface area contributed by atoms with Crippen LogP contribution in [-0.2, 0) is 16.0 Å². The third-order valence-electron chi connectivity index (χ3n) is 3.00. The van der Waals surface area contributed by atoms with Crippen molar-refractivity contribution in [1.82, 2.24) is 0 Å². The zero-order valence-corrected chi connectivity index (χ0v) is 10.3. The van der Waals surface area contributed by atoms with Gasteiger partial charge in [-0.2, -0.15) is 0 Å². The Morgan fingerprint density at radius 3 is 2.82 bits per heavy atom. The van der Waals surface area contributed by atoms with E-state index in [9.17, 15) is 9.18 Å². The quantitative estimate of drug-likeness (QED) is 0.810. The molecule has 1 unspecified atom stereocenters. The molecule has 1 aromatic rings. The van der Waals surface area contributed by atoms with Gasteiger partial charge in [-0.1, -0.05) is 17.7 Å². The number of carbonyl (C=O) groups excluding carboxylic acids is 1. The van der Waals surface area contributed by atoms with Crippen molar-refractivity contribution in [3.8, 4) is 0 Å². The predicted octanol–water partition coefficient (Wildman–Crippen LogP) is 3.02. The minimum absolute atomic E-state index is 0.0171. The van der Waals surface area contributed by atoms with Gasteiger partial charge in [0.05, 0.1) is 0 Å². The van der Waals surface area contributed by atoms with E-state index in [0.717, 1.165) is 12.8 Å². The Hall–Kier alpha value is -0.930. The molecule has 1 aliphatic carbocycles. The molecule has 17 heavy (non-hydrogen) atoms. The second kappa shape index (κ2) is 5.15. The van der Waals surface area contributed by atoms with Gasteiger partial charge in [-0.05, 0) is 36.5 Å². The third-order valence-corrected chi connectivity index (χ3v) is 3.35. The molecule has 0 saturated heterocycles. The third kappa shape index (κ3) is 3.05. The van der Waals surface area contributed by atoms with Crippen LogP contribution in [0.5, 0.6) is 0 Å². The first-order valence-electron chi connectivity index (χ1n) is 5.61. The van der Waals surface area contributed by atoms with Crippen LogP contribution in [0, 0.1) is 11.7 Å². The maximum absolute atomic E-state index is 12.9. The molecule has 0 heterocycles. The minimum Gasteiger partial charge on any atom is -0.373 e. The number of Topliss-reactive ketones (excluding diaryl/α,β-unsaturated/α-hetero) is 1. The molecule has 1 saturated carbocycles. The van der Waals surface area contributed by atoms with Gasteiger partial charge in [0.2, 0.25) is 0 Å². The van der Waals surface area contributed by atoms with E-state index in [0.29, 0.717) is 16.5 Å². The maximum atomic E-state index is 12.9. The Morgan fingerprint density at radius 2 is 2.29 bits per heavy atom. The van der Waals surface area contributed by atoms with Gasteiger partial charge in [0.1, 0.15) is 11.9 Å². The van der Waals surface area contributed by atoms with E-state index in [2.05, 4.69) is 0 Å². The number of ether oxygens (including phenoxy) is 1. The standard InChI is InChI=1S/C13H14ClFO2/c1-17-13(8-2-3-8)12(16)6-9-4-5-10(15)7-11(9)14/h4-5,7-8,13H,2-3,6H2,1H3. The van der Waals surface area contributed by atoms with Crippen LogP contribution >= 0.6 is 11.6 Å². The Morgan fingerprint density at radius 1 is 1.59 bits per heavy atom. The molecule has 4 heteroatoms. The smallest absolute Gasteiger partial charge is 0.166 e. The van der Waals surface area contributed by atoms with E-state index in [1.807, 2.05) is 0 Å². The Kier molecular flexibility index (Phi) is 3.79. The lowest BCUT2D eigenvalue weighted by molar-refractivity contribution is -0.129. The molecular formula is C13H14ClFO2. The van der Waals surface area contributed by atoms with Crippen molar-refractivity contribution in [2.75, 3.05) is 7.11 Å². The first-order chi connectivity index (χ1) is 8.11. The molecular weight excluding hydrogens is 243 g/mol. The number of halogens is 2. The molecule has 0 amide bonds. The first-order valence-corrected chi connectivity index (χ1v) is 5.99. The van der Waals surface area contributed by atoms with E-state index in [-0.39, 0.29) is 18.3 Å². The van der Waals surface area contributed by atoms with Crippen LogP contribution in [0.15, 0.2) is 18.2 Å². The highest BCUT2D eigenvalue weighted by Gasteiger charge is 2.36. The minimum atomic E-state index is -0.392. The zero-order chi connectivity index (χ0) is 12.4. The van der Waals surface area contributed by atoms with Crippen LogP contribution in [0.2, 0.25) is 5.02 Å². The van der Waals surface area contributed by atoms with Crippen LogP contribution in [-0.4, -0.2) is 19.0 Å². The number of rotatable bonds is 5. The van der Waals surface area contributed by atoms with Crippen molar-refractivity contribution in [2.24, 2.45) is 5.92 Å². The number of carbonyl (C=O) groups is 1. The molecule has 1 aliphatic rings. The summed E-state index contributed by atoms with van der Waals surface area (Å²) in [6.07, 6.45) is 1.95. The lowest BCUT2D eigenvalue weighted by Gasteiger charge is -2.13. The fourth-order valence-electron chi connectivity index (χ4n) is 1.94. The highest BCUT2D eigenvalue weighted by atomic mass is 35.5. The normalized spacial score (nSPS) is 16.9. The molecule has 92 valence electrons. The number of hydrogen-bond donors (Lipinski definition) is 0. The van der Waals surface area contributed by atoms with Gasteiger partial charge in [0.15, 0.2) is 5.78 Å². The molecule has 0 spiro atoms. The Bertz CT molecular complexity index is 429. The van der Waals surface area contributed by atoms with Crippen LogP contribution in [0.1, 0.15) is 18.4 Å². The van der Waals surface area contributed by atoms with Gasteiger partial charge in [-0.3, -0.25) is 4.79 Å². The van der Waals surface area contributed by atoms with Gasteiger partial charge in [0.25, 0.3) is 0 Å². The second-order valence-corrected chi connectivity index (χ2v) is 4.78. The van der Waals surface area contributed by atoms with Gasteiger partial charge in [-0.15, -0.1) is 0 Å². The summed E-state index contributed by atoms with van der Waals surface area (Å²) in [6.45, 7) is 0. The van der Waals surface area contributed by atoms with Gasteiger partial charge in [0, 0.05) is 18.6 Å². The summed E-state index contributed by atoms with van der Waals surface area (Å²) in [7, 11) is 1.55. The zero-order valence-electron chi connectivity index (χ0n) is 9.58. The van der Waals surface area contributed by atoms with E-state index >= 15 is 0 Å². The monoisotopic (exact) mass is 256 g/mol. The predicted molar refractivity (Wildman–Crippen MR) is 63.6 cm³/mol. The van der Waals surface area contributed by atoms with Crippen LogP contribution in [0.25, 0.3) is 0 Å². The van der Waals surface area contributed by atoms with Crippen molar-refractivity contribution in [3.63, 3.8) is 0 Å². The molecule has 0 N–H and O–H groups in total. The molecule has 0 aromatic heterocycles. The summed E-state index contributed by atoms with van der Waals surface area (Å²) in [5.41, 5.74) is 0.653. The van der Waals surface area contributed by atoms with Crippen molar-refractivity contribution >= 4 is 17.4 Å². The van der Waals surface area contributed by atoms with Crippen LogP contribution in [0.4, 0.5) is 4.39 Å². The molecule has 0 bridgehead atoms. The fraction of sp³-hybridized carbons (Fsp3) is 0.462. The number of hydrogen-bond acceptors (Lipinski definition) is 2. The summed E-state index contributed by atoms with van der Waals surface area (Å²) in [5, 5.41) is 0.295. The largest absolute Gasteiger partial charge is 0.373 e. The van der Waals surface area contributed by atoms with Crippen molar-refractivity contribution in [3.05, 3.63) is 34.6 Å². The fourth-order valence-corrected chi connectivity index (χ4v) is 2.17. The summed E-state index contributed by atoms with van der Waals surface area (Å²) in [6, 6.07) is 4.09. The average Bonchev–Trinajstić information content (AvgIpc) is 3.08. The number of benzene rings is 1. The summed E-state index contributed by atoms with van der Waals surface area (Å²) in [5.74, 6) is -0.0214. The average molecular weight is 257 g/mol. The second-order valence-electron chi connectivity index (χ2n) is 4.37. The molecule has 0 aliphatic heterocycles. The lowest BCUT2D eigenvalue weighted by atomic mass is 10.0. The molecule has 1 fully saturated rings.